The molecule has 2 unspecified atom stereocenters. The van der Waals surface area contributed by atoms with Gasteiger partial charge in [-0.25, -0.2) is 0 Å². The van der Waals surface area contributed by atoms with Crippen LogP contribution in [0.3, 0.4) is 0 Å². The molecule has 0 aromatic rings. The molecule has 0 aliphatic heterocycles. The summed E-state index contributed by atoms with van der Waals surface area (Å²) >= 11 is 0. The highest BCUT2D eigenvalue weighted by molar-refractivity contribution is 5.06. The quantitative estimate of drug-likeness (QED) is 0.646. The van der Waals surface area contributed by atoms with Gasteiger partial charge in [0.1, 0.15) is 0 Å². The van der Waals surface area contributed by atoms with E-state index in [2.05, 4.69) is 27.7 Å². The average molecular weight is 256 g/mol. The third-order valence-corrected chi connectivity index (χ3v) is 3.26. The van der Waals surface area contributed by atoms with E-state index < -0.39 is 11.2 Å². The minimum Gasteiger partial charge on any atom is -0.386 e. The van der Waals surface area contributed by atoms with Gasteiger partial charge < -0.3 is 10.2 Å². The van der Waals surface area contributed by atoms with Gasteiger partial charge in [-0.1, -0.05) is 39.8 Å². The Morgan fingerprint density at radius 1 is 0.778 bits per heavy atom. The molecule has 2 N–H and O–H groups in total. The molecular weight excluding hydrogens is 224 g/mol. The summed E-state index contributed by atoms with van der Waals surface area (Å²) in [4.78, 5) is 0. The van der Waals surface area contributed by atoms with Crippen molar-refractivity contribution in [1.82, 2.24) is 0 Å². The maximum absolute atomic E-state index is 10.2. The molecule has 0 amide bonds. The molecule has 2 heteroatoms. The van der Waals surface area contributed by atoms with Crippen LogP contribution < -0.4 is 0 Å². The van der Waals surface area contributed by atoms with Crippen molar-refractivity contribution in [2.24, 2.45) is 11.8 Å². The van der Waals surface area contributed by atoms with Crippen molar-refractivity contribution in [2.45, 2.75) is 78.4 Å². The van der Waals surface area contributed by atoms with Crippen LogP contribution in [-0.4, -0.2) is 21.4 Å². The van der Waals surface area contributed by atoms with E-state index in [0.717, 1.165) is 25.7 Å². The minimum atomic E-state index is -0.813. The second kappa shape index (κ2) is 7.30. The van der Waals surface area contributed by atoms with Crippen LogP contribution in [0, 0.1) is 11.8 Å². The summed E-state index contributed by atoms with van der Waals surface area (Å²) in [7, 11) is 0. The molecule has 0 aromatic carbocycles. The van der Waals surface area contributed by atoms with Crippen molar-refractivity contribution in [2.75, 3.05) is 0 Å². The van der Waals surface area contributed by atoms with Gasteiger partial charge in [-0.15, -0.1) is 0 Å². The van der Waals surface area contributed by atoms with Crippen molar-refractivity contribution in [3.8, 4) is 0 Å². The normalized spacial score (nSPS) is 19.4. The number of aliphatic hydroxyl groups is 2. The van der Waals surface area contributed by atoms with Crippen molar-refractivity contribution in [3.05, 3.63) is 12.2 Å². The lowest BCUT2D eigenvalue weighted by Gasteiger charge is -2.24. The zero-order valence-electron chi connectivity index (χ0n) is 13.0. The van der Waals surface area contributed by atoms with Crippen LogP contribution >= 0.6 is 0 Å². The van der Waals surface area contributed by atoms with E-state index in [1.807, 2.05) is 13.8 Å². The molecule has 0 bridgehead atoms. The van der Waals surface area contributed by atoms with Gasteiger partial charge >= 0.3 is 0 Å². The molecule has 2 atom stereocenters. The highest BCUT2D eigenvalue weighted by Crippen LogP contribution is 2.22. The van der Waals surface area contributed by atoms with Crippen LogP contribution in [0.1, 0.15) is 67.2 Å². The maximum Gasteiger partial charge on any atom is 0.0800 e. The lowest BCUT2D eigenvalue weighted by atomic mass is 9.90. The van der Waals surface area contributed by atoms with Gasteiger partial charge in [-0.3, -0.25) is 0 Å². The van der Waals surface area contributed by atoms with Gasteiger partial charge in [0.2, 0.25) is 0 Å². The summed E-state index contributed by atoms with van der Waals surface area (Å²) in [6.45, 7) is 12.2. The first kappa shape index (κ1) is 17.7. The first-order valence-electron chi connectivity index (χ1n) is 7.19. The van der Waals surface area contributed by atoms with Gasteiger partial charge in [-0.05, 0) is 51.4 Å². The van der Waals surface area contributed by atoms with Crippen LogP contribution in [0.4, 0.5) is 0 Å². The highest BCUT2D eigenvalue weighted by Gasteiger charge is 2.21. The molecule has 108 valence electrons. The largest absolute Gasteiger partial charge is 0.386 e. The van der Waals surface area contributed by atoms with Crippen LogP contribution in [0.15, 0.2) is 12.2 Å². The Balaban J connectivity index is 4.32. The Hall–Kier alpha value is -0.340. The van der Waals surface area contributed by atoms with E-state index in [-0.39, 0.29) is 0 Å². The summed E-state index contributed by atoms with van der Waals surface area (Å²) in [5.41, 5.74) is -1.63. The third-order valence-electron chi connectivity index (χ3n) is 3.26. The molecule has 0 rings (SSSR count). The standard InChI is InChI=1S/C16H32O2/c1-13(2)7-9-15(5,17)11-12-16(6,18)10-8-14(3)4/h11-14,17-18H,7-10H2,1-6H3/b12-11+. The van der Waals surface area contributed by atoms with Gasteiger partial charge in [0.05, 0.1) is 11.2 Å². The van der Waals surface area contributed by atoms with E-state index in [4.69, 9.17) is 0 Å². The molecule has 0 radical (unpaired) electrons. The van der Waals surface area contributed by atoms with Gasteiger partial charge in [0, 0.05) is 0 Å². The Morgan fingerprint density at radius 3 is 1.28 bits per heavy atom. The van der Waals surface area contributed by atoms with E-state index >= 15 is 0 Å². The molecule has 0 saturated carbocycles. The molecule has 18 heavy (non-hydrogen) atoms. The van der Waals surface area contributed by atoms with Crippen molar-refractivity contribution >= 4 is 0 Å². The Bertz CT molecular complexity index is 224. The first-order valence-corrected chi connectivity index (χ1v) is 7.19. The van der Waals surface area contributed by atoms with E-state index in [9.17, 15) is 10.2 Å². The van der Waals surface area contributed by atoms with Crippen LogP contribution in [0.25, 0.3) is 0 Å². The zero-order chi connectivity index (χ0) is 14.4. The fraction of sp³-hybridized carbons (Fsp3) is 0.875. The SMILES string of the molecule is CC(C)CCC(C)(O)/C=C/C(C)(O)CCC(C)C. The lowest BCUT2D eigenvalue weighted by molar-refractivity contribution is 0.0775. The number of hydrogen-bond acceptors (Lipinski definition) is 2. The summed E-state index contributed by atoms with van der Waals surface area (Å²) in [6.07, 6.45) is 6.98. The summed E-state index contributed by atoms with van der Waals surface area (Å²) in [5, 5.41) is 20.4. The van der Waals surface area contributed by atoms with Crippen LogP contribution in [-0.2, 0) is 0 Å². The molecular formula is C16H32O2. The fourth-order valence-electron chi connectivity index (χ4n) is 1.69. The molecule has 0 spiro atoms. The van der Waals surface area contributed by atoms with E-state index in [0.29, 0.717) is 11.8 Å². The smallest absolute Gasteiger partial charge is 0.0800 e. The molecule has 0 fully saturated rings. The second-order valence-corrected chi connectivity index (χ2v) is 6.91. The van der Waals surface area contributed by atoms with Gasteiger partial charge in [0.25, 0.3) is 0 Å². The molecule has 2 nitrogen and oxygen atoms in total. The monoisotopic (exact) mass is 256 g/mol. The average Bonchev–Trinajstić information content (AvgIpc) is 2.22. The fourth-order valence-corrected chi connectivity index (χ4v) is 1.69. The van der Waals surface area contributed by atoms with Crippen molar-refractivity contribution < 1.29 is 10.2 Å². The molecule has 0 aromatic heterocycles. The number of hydrogen-bond donors (Lipinski definition) is 2. The summed E-state index contributed by atoms with van der Waals surface area (Å²) < 4.78 is 0. The molecule has 0 saturated heterocycles. The highest BCUT2D eigenvalue weighted by atomic mass is 16.3. The Kier molecular flexibility index (Phi) is 7.16. The van der Waals surface area contributed by atoms with Crippen molar-refractivity contribution in [1.29, 1.82) is 0 Å². The predicted molar refractivity (Wildman–Crippen MR) is 78.5 cm³/mol. The van der Waals surface area contributed by atoms with Crippen LogP contribution in [0.5, 0.6) is 0 Å². The summed E-state index contributed by atoms with van der Waals surface area (Å²) in [6, 6.07) is 0. The van der Waals surface area contributed by atoms with Gasteiger partial charge in [-0.2, -0.15) is 0 Å². The third kappa shape index (κ3) is 9.67. The molecule has 0 aliphatic carbocycles. The lowest BCUT2D eigenvalue weighted by Crippen LogP contribution is -2.26. The Labute approximate surface area is 113 Å². The van der Waals surface area contributed by atoms with E-state index in [1.165, 1.54) is 0 Å². The number of rotatable bonds is 8. The molecule has 0 heterocycles. The topological polar surface area (TPSA) is 40.5 Å². The zero-order valence-corrected chi connectivity index (χ0v) is 13.0. The van der Waals surface area contributed by atoms with Crippen LogP contribution in [0.2, 0.25) is 0 Å². The molecule has 0 aliphatic rings. The maximum atomic E-state index is 10.2. The Morgan fingerprint density at radius 2 is 1.06 bits per heavy atom. The summed E-state index contributed by atoms with van der Waals surface area (Å²) in [5.74, 6) is 1.18. The van der Waals surface area contributed by atoms with Gasteiger partial charge in [0.15, 0.2) is 0 Å². The minimum absolute atomic E-state index is 0.589. The first-order chi connectivity index (χ1) is 8.04. The van der Waals surface area contributed by atoms with E-state index in [1.54, 1.807) is 12.2 Å². The second-order valence-electron chi connectivity index (χ2n) is 6.91. The van der Waals surface area contributed by atoms with Crippen molar-refractivity contribution in [3.63, 3.8) is 0 Å². The predicted octanol–water partition coefficient (Wildman–Crippen LogP) is 3.92.